The van der Waals surface area contributed by atoms with E-state index in [4.69, 9.17) is 4.74 Å². The van der Waals surface area contributed by atoms with Crippen molar-refractivity contribution >= 4 is 23.1 Å². The second-order valence-corrected chi connectivity index (χ2v) is 6.21. The van der Waals surface area contributed by atoms with Crippen molar-refractivity contribution in [1.82, 2.24) is 9.47 Å². The normalized spacial score (nSPS) is 13.8. The third-order valence-electron chi connectivity index (χ3n) is 4.71. The van der Waals surface area contributed by atoms with Gasteiger partial charge in [0, 0.05) is 23.1 Å². The first-order chi connectivity index (χ1) is 12.2. The fourth-order valence-electron chi connectivity index (χ4n) is 3.51. The van der Waals surface area contributed by atoms with Crippen LogP contribution in [0.1, 0.15) is 21.6 Å². The van der Waals surface area contributed by atoms with E-state index in [-0.39, 0.29) is 12.3 Å². The van der Waals surface area contributed by atoms with Gasteiger partial charge in [-0.1, -0.05) is 30.3 Å². The molecule has 1 amide bonds. The van der Waals surface area contributed by atoms with E-state index in [1.54, 1.807) is 7.11 Å². The zero-order chi connectivity index (χ0) is 17.4. The molecule has 5 nitrogen and oxygen atoms in total. The number of para-hydroxylation sites is 1. The number of rotatable bonds is 4. The summed E-state index contributed by atoms with van der Waals surface area (Å²) in [6.45, 7) is 1.24. The number of Topliss-reactive ketones (excluding diaryl/α,β-unsaturated/α-hetero) is 1. The lowest BCUT2D eigenvalue weighted by molar-refractivity contribution is -0.118. The monoisotopic (exact) mass is 334 g/mol. The van der Waals surface area contributed by atoms with Crippen molar-refractivity contribution in [3.05, 3.63) is 65.4 Å². The van der Waals surface area contributed by atoms with Crippen molar-refractivity contribution in [2.24, 2.45) is 0 Å². The van der Waals surface area contributed by atoms with Crippen LogP contribution < -0.4 is 4.74 Å². The molecular weight excluding hydrogens is 316 g/mol. The number of carbonyl (C=O) groups excluding carboxylic acids is 2. The van der Waals surface area contributed by atoms with E-state index in [1.807, 2.05) is 48.5 Å². The number of nitrogens with zero attached hydrogens (tertiary/aromatic N) is 2. The van der Waals surface area contributed by atoms with Crippen molar-refractivity contribution in [2.45, 2.75) is 13.1 Å². The molecule has 2 aromatic carbocycles. The number of aromatic nitrogens is 1. The second-order valence-electron chi connectivity index (χ2n) is 6.21. The molecule has 126 valence electrons. The zero-order valence-electron chi connectivity index (χ0n) is 13.9. The number of fused-ring (bicyclic) bond motifs is 3. The molecule has 0 saturated heterocycles. The van der Waals surface area contributed by atoms with Crippen LogP contribution in [-0.2, 0) is 17.9 Å². The molecule has 0 fully saturated rings. The maximum absolute atomic E-state index is 12.6. The first kappa shape index (κ1) is 15.4. The molecule has 2 heterocycles. The Morgan fingerprint density at radius 3 is 2.56 bits per heavy atom. The maximum atomic E-state index is 12.6. The Labute approximate surface area is 145 Å². The molecule has 0 unspecified atom stereocenters. The summed E-state index contributed by atoms with van der Waals surface area (Å²) in [5.41, 5.74) is 3.78. The summed E-state index contributed by atoms with van der Waals surface area (Å²) in [7, 11) is 1.64. The number of methoxy groups -OCH3 is 1. The molecule has 0 N–H and O–H groups in total. The number of ether oxygens (including phenoxy) is 1. The minimum Gasteiger partial charge on any atom is -0.497 e. The summed E-state index contributed by atoms with van der Waals surface area (Å²) in [5.74, 6) is 0.809. The summed E-state index contributed by atoms with van der Waals surface area (Å²) >= 11 is 0. The summed E-state index contributed by atoms with van der Waals surface area (Å²) in [6.07, 6.45) is 0.746. The lowest BCUT2D eigenvalue weighted by Gasteiger charge is -2.24. The van der Waals surface area contributed by atoms with Gasteiger partial charge in [0.25, 0.3) is 0 Å². The number of ketones is 1. The van der Waals surface area contributed by atoms with Gasteiger partial charge < -0.3 is 14.2 Å². The molecule has 0 aliphatic carbocycles. The third-order valence-corrected chi connectivity index (χ3v) is 4.71. The maximum Gasteiger partial charge on any atom is 0.210 e. The summed E-state index contributed by atoms with van der Waals surface area (Å²) in [5, 5.41) is 0.960. The third kappa shape index (κ3) is 2.58. The number of hydrogen-bond donors (Lipinski definition) is 0. The van der Waals surface area contributed by atoms with Crippen molar-refractivity contribution in [3.63, 3.8) is 0 Å². The summed E-state index contributed by atoms with van der Waals surface area (Å²) in [4.78, 5) is 25.3. The van der Waals surface area contributed by atoms with Gasteiger partial charge in [0.2, 0.25) is 6.41 Å². The van der Waals surface area contributed by atoms with Gasteiger partial charge in [-0.25, -0.2) is 0 Å². The van der Waals surface area contributed by atoms with E-state index in [0.29, 0.717) is 13.1 Å². The lowest BCUT2D eigenvalue weighted by Crippen LogP contribution is -2.34. The molecule has 0 bridgehead atoms. The molecular formula is C20H18N2O3. The highest BCUT2D eigenvalue weighted by molar-refractivity contribution is 6.11. The highest BCUT2D eigenvalue weighted by Crippen LogP contribution is 2.31. The summed E-state index contributed by atoms with van der Waals surface area (Å²) in [6, 6.07) is 15.8. The minimum absolute atomic E-state index is 0.00182. The van der Waals surface area contributed by atoms with Gasteiger partial charge in [-0.3, -0.25) is 9.59 Å². The van der Waals surface area contributed by atoms with E-state index < -0.39 is 0 Å². The average Bonchev–Trinajstić information content (AvgIpc) is 2.96. The van der Waals surface area contributed by atoms with Crippen LogP contribution in [0.4, 0.5) is 0 Å². The smallest absolute Gasteiger partial charge is 0.210 e. The Morgan fingerprint density at radius 1 is 1.08 bits per heavy atom. The fourth-order valence-corrected chi connectivity index (χ4v) is 3.51. The van der Waals surface area contributed by atoms with E-state index in [2.05, 4.69) is 4.57 Å². The van der Waals surface area contributed by atoms with Crippen LogP contribution in [0, 0.1) is 0 Å². The molecule has 1 aliphatic rings. The van der Waals surface area contributed by atoms with Crippen LogP contribution >= 0.6 is 0 Å². The van der Waals surface area contributed by atoms with Crippen molar-refractivity contribution in [3.8, 4) is 5.75 Å². The van der Waals surface area contributed by atoms with Crippen molar-refractivity contribution < 1.29 is 14.3 Å². The molecule has 1 aliphatic heterocycles. The van der Waals surface area contributed by atoms with E-state index in [9.17, 15) is 9.59 Å². The van der Waals surface area contributed by atoms with Gasteiger partial charge in [-0.2, -0.15) is 0 Å². The number of carbonyl (C=O) groups is 2. The average molecular weight is 334 g/mol. The van der Waals surface area contributed by atoms with Crippen LogP contribution in [0.5, 0.6) is 5.75 Å². The van der Waals surface area contributed by atoms with E-state index >= 15 is 0 Å². The molecule has 25 heavy (non-hydrogen) atoms. The molecule has 1 aromatic heterocycles. The quantitative estimate of drug-likeness (QED) is 0.690. The SMILES string of the molecule is COc1ccc(Cn2c3c(c4ccccc42)C(=O)CN(C=O)C3)cc1. The van der Waals surface area contributed by atoms with Crippen LogP contribution in [0.2, 0.25) is 0 Å². The van der Waals surface area contributed by atoms with Crippen LogP contribution in [0.25, 0.3) is 10.9 Å². The van der Waals surface area contributed by atoms with E-state index in [0.717, 1.165) is 39.9 Å². The zero-order valence-corrected chi connectivity index (χ0v) is 13.9. The summed E-state index contributed by atoms with van der Waals surface area (Å²) < 4.78 is 7.35. The predicted octanol–water partition coefficient (Wildman–Crippen LogP) is 2.85. The topological polar surface area (TPSA) is 51.5 Å². The predicted molar refractivity (Wildman–Crippen MR) is 94.8 cm³/mol. The molecule has 3 aromatic rings. The van der Waals surface area contributed by atoms with Gasteiger partial charge in [0.05, 0.1) is 25.8 Å². The van der Waals surface area contributed by atoms with Gasteiger partial charge in [0.15, 0.2) is 5.78 Å². The van der Waals surface area contributed by atoms with Crippen molar-refractivity contribution in [1.29, 1.82) is 0 Å². The fraction of sp³-hybridized carbons (Fsp3) is 0.200. The lowest BCUT2D eigenvalue weighted by atomic mass is 10.0. The standard InChI is InChI=1S/C20H18N2O3/c1-25-15-8-6-14(7-9-15)10-22-17-5-3-2-4-16(17)20-18(22)11-21(13-23)12-19(20)24/h2-9,13H,10-12H2,1H3. The molecule has 5 heteroatoms. The highest BCUT2D eigenvalue weighted by Gasteiger charge is 2.29. The van der Waals surface area contributed by atoms with Crippen LogP contribution in [0.3, 0.4) is 0 Å². The Hall–Kier alpha value is -3.08. The van der Waals surface area contributed by atoms with E-state index in [1.165, 1.54) is 4.90 Å². The molecule has 0 radical (unpaired) electrons. The second kappa shape index (κ2) is 6.09. The molecule has 4 rings (SSSR count). The highest BCUT2D eigenvalue weighted by atomic mass is 16.5. The Bertz CT molecular complexity index is 957. The first-order valence-electron chi connectivity index (χ1n) is 8.17. The molecule has 0 saturated carbocycles. The van der Waals surface area contributed by atoms with Crippen molar-refractivity contribution in [2.75, 3.05) is 13.7 Å². The van der Waals surface area contributed by atoms with Crippen LogP contribution in [-0.4, -0.2) is 35.3 Å². The Morgan fingerprint density at radius 2 is 1.84 bits per heavy atom. The Kier molecular flexibility index (Phi) is 3.76. The molecule has 0 spiro atoms. The van der Waals surface area contributed by atoms with Gasteiger partial charge >= 0.3 is 0 Å². The first-order valence-corrected chi connectivity index (χ1v) is 8.17. The largest absolute Gasteiger partial charge is 0.497 e. The van der Waals surface area contributed by atoms with Gasteiger partial charge in [0.1, 0.15) is 5.75 Å². The Balaban J connectivity index is 1.85. The van der Waals surface area contributed by atoms with Gasteiger partial charge in [-0.05, 0) is 23.8 Å². The minimum atomic E-state index is -0.00182. The number of amides is 1. The van der Waals surface area contributed by atoms with Gasteiger partial charge in [-0.15, -0.1) is 0 Å². The number of benzene rings is 2. The molecule has 0 atom stereocenters. The number of hydrogen-bond acceptors (Lipinski definition) is 3. The van der Waals surface area contributed by atoms with Crippen LogP contribution in [0.15, 0.2) is 48.5 Å².